The van der Waals surface area contributed by atoms with Gasteiger partial charge in [-0.3, -0.25) is 5.32 Å². The maximum atomic E-state index is 12.1. The molecule has 0 saturated carbocycles. The number of hydrogen-bond donors (Lipinski definition) is 2. The van der Waals surface area contributed by atoms with E-state index in [1.165, 1.54) is 21.8 Å². The number of aryl methyl sites for hydroxylation is 1. The molecule has 2 aromatic carbocycles. The number of nitrogens with zero attached hydrogens (tertiary/aromatic N) is 2. The van der Waals surface area contributed by atoms with Crippen molar-refractivity contribution in [3.63, 3.8) is 0 Å². The molecule has 27 heavy (non-hydrogen) atoms. The Morgan fingerprint density at radius 2 is 1.81 bits per heavy atom. The number of amides is 2. The van der Waals surface area contributed by atoms with Crippen LogP contribution in [0, 0.1) is 6.92 Å². The van der Waals surface area contributed by atoms with Crippen molar-refractivity contribution in [1.82, 2.24) is 10.2 Å². The lowest BCUT2D eigenvalue weighted by Gasteiger charge is -2.06. The monoisotopic (exact) mass is 400 g/mol. The van der Waals surface area contributed by atoms with Crippen molar-refractivity contribution in [3.05, 3.63) is 59.1 Å². The highest BCUT2D eigenvalue weighted by atomic mass is 32.2. The van der Waals surface area contributed by atoms with E-state index >= 15 is 0 Å². The second kappa shape index (κ2) is 9.38. The van der Waals surface area contributed by atoms with Gasteiger partial charge in [0.25, 0.3) is 0 Å². The molecule has 3 aromatic rings. The van der Waals surface area contributed by atoms with Crippen molar-refractivity contribution in [3.8, 4) is 5.75 Å². The van der Waals surface area contributed by atoms with Crippen LogP contribution in [0.2, 0.25) is 0 Å². The fourth-order valence-electron chi connectivity index (χ4n) is 2.20. The van der Waals surface area contributed by atoms with Gasteiger partial charge in [-0.2, -0.15) is 0 Å². The molecule has 2 amide bonds. The summed E-state index contributed by atoms with van der Waals surface area (Å²) in [5, 5.41) is 15.0. The molecule has 0 spiro atoms. The van der Waals surface area contributed by atoms with Gasteiger partial charge in [0.15, 0.2) is 0 Å². The van der Waals surface area contributed by atoms with E-state index in [1.54, 1.807) is 23.9 Å². The molecule has 0 bridgehead atoms. The summed E-state index contributed by atoms with van der Waals surface area (Å²) in [6.45, 7) is 4.60. The molecule has 0 atom stereocenters. The number of aromatic nitrogens is 2. The molecule has 8 heteroatoms. The summed E-state index contributed by atoms with van der Waals surface area (Å²) < 4.78 is 5.38. The molecule has 0 radical (unpaired) electrons. The van der Waals surface area contributed by atoms with E-state index in [1.807, 2.05) is 19.1 Å². The predicted octanol–water partition coefficient (Wildman–Crippen LogP) is 5.18. The summed E-state index contributed by atoms with van der Waals surface area (Å²) in [5.41, 5.74) is 1.91. The molecule has 0 saturated heterocycles. The molecule has 0 fully saturated rings. The van der Waals surface area contributed by atoms with E-state index in [0.717, 1.165) is 10.8 Å². The van der Waals surface area contributed by atoms with Crippen molar-refractivity contribution in [2.24, 2.45) is 0 Å². The van der Waals surface area contributed by atoms with E-state index in [9.17, 15) is 4.79 Å². The predicted molar refractivity (Wildman–Crippen MR) is 111 cm³/mol. The Morgan fingerprint density at radius 3 is 2.52 bits per heavy atom. The van der Waals surface area contributed by atoms with Crippen molar-refractivity contribution in [1.29, 1.82) is 0 Å². The number of anilines is 2. The van der Waals surface area contributed by atoms with Gasteiger partial charge in [0.1, 0.15) is 10.8 Å². The van der Waals surface area contributed by atoms with Crippen LogP contribution in [0.1, 0.15) is 17.5 Å². The van der Waals surface area contributed by atoms with Crippen LogP contribution >= 0.6 is 23.1 Å². The summed E-state index contributed by atoms with van der Waals surface area (Å²) >= 11 is 3.06. The van der Waals surface area contributed by atoms with E-state index in [2.05, 4.69) is 52.0 Å². The van der Waals surface area contributed by atoms with Gasteiger partial charge in [-0.25, -0.2) is 4.79 Å². The van der Waals surface area contributed by atoms with Gasteiger partial charge in [-0.1, -0.05) is 29.0 Å². The lowest BCUT2D eigenvalue weighted by Crippen LogP contribution is -2.19. The number of nitrogens with one attached hydrogen (secondary N) is 2. The highest BCUT2D eigenvalue weighted by Crippen LogP contribution is 2.26. The third-order valence-electron chi connectivity index (χ3n) is 3.49. The van der Waals surface area contributed by atoms with Crippen LogP contribution in [0.4, 0.5) is 15.6 Å². The zero-order chi connectivity index (χ0) is 19.1. The highest BCUT2D eigenvalue weighted by molar-refractivity contribution is 7.98. The number of carbonyl (C=O) groups is 1. The first-order chi connectivity index (χ1) is 13.1. The SMILES string of the molecule is CCOc1ccc(NC(=O)Nc2nnc(CSc3ccc(C)cc3)s2)cc1. The molecule has 6 nitrogen and oxygen atoms in total. The zero-order valence-electron chi connectivity index (χ0n) is 15.1. The second-order valence-electron chi connectivity index (χ2n) is 5.64. The molecule has 1 heterocycles. The summed E-state index contributed by atoms with van der Waals surface area (Å²) in [6, 6.07) is 15.2. The Kier molecular flexibility index (Phi) is 6.67. The molecule has 0 unspecified atom stereocenters. The van der Waals surface area contributed by atoms with Crippen LogP contribution in [0.3, 0.4) is 0 Å². The van der Waals surface area contributed by atoms with Crippen molar-refractivity contribution < 1.29 is 9.53 Å². The molecule has 140 valence electrons. The molecule has 1 aromatic heterocycles. The van der Waals surface area contributed by atoms with Crippen molar-refractivity contribution in [2.75, 3.05) is 17.2 Å². The molecule has 3 rings (SSSR count). The molecular formula is C19H20N4O2S2. The van der Waals surface area contributed by atoms with Crippen LogP contribution < -0.4 is 15.4 Å². The minimum absolute atomic E-state index is 0.354. The quantitative estimate of drug-likeness (QED) is 0.534. The number of benzene rings is 2. The summed E-state index contributed by atoms with van der Waals surface area (Å²) in [5.74, 6) is 1.48. The first-order valence-corrected chi connectivity index (χ1v) is 10.3. The number of rotatable bonds is 7. The van der Waals surface area contributed by atoms with Crippen LogP contribution in [0.25, 0.3) is 0 Å². The summed E-state index contributed by atoms with van der Waals surface area (Å²) in [7, 11) is 0. The number of hydrogen-bond acceptors (Lipinski definition) is 6. The number of thioether (sulfide) groups is 1. The van der Waals surface area contributed by atoms with Gasteiger partial charge in [0, 0.05) is 10.6 Å². The van der Waals surface area contributed by atoms with Crippen LogP contribution in [0.15, 0.2) is 53.4 Å². The van der Waals surface area contributed by atoms with Crippen LogP contribution in [-0.4, -0.2) is 22.8 Å². The Morgan fingerprint density at radius 1 is 1.07 bits per heavy atom. The van der Waals surface area contributed by atoms with E-state index < -0.39 is 0 Å². The smallest absolute Gasteiger partial charge is 0.325 e. The fraction of sp³-hybridized carbons (Fsp3) is 0.211. The number of carbonyl (C=O) groups excluding carboxylic acids is 1. The van der Waals surface area contributed by atoms with E-state index in [-0.39, 0.29) is 6.03 Å². The normalized spacial score (nSPS) is 10.4. The largest absolute Gasteiger partial charge is 0.494 e. The Hall–Kier alpha value is -2.58. The molecule has 0 aliphatic rings. The van der Waals surface area contributed by atoms with Crippen molar-refractivity contribution >= 4 is 39.9 Å². The first-order valence-electron chi connectivity index (χ1n) is 8.45. The van der Waals surface area contributed by atoms with Gasteiger partial charge in [-0.05, 0) is 50.2 Å². The lowest BCUT2D eigenvalue weighted by molar-refractivity contribution is 0.262. The minimum atomic E-state index is -0.354. The van der Waals surface area contributed by atoms with Gasteiger partial charge in [0.2, 0.25) is 5.13 Å². The summed E-state index contributed by atoms with van der Waals surface area (Å²) in [4.78, 5) is 13.3. The average molecular weight is 401 g/mol. The lowest BCUT2D eigenvalue weighted by atomic mass is 10.2. The van der Waals surface area contributed by atoms with Gasteiger partial charge in [0.05, 0.1) is 12.4 Å². The Bertz CT molecular complexity index is 879. The second-order valence-corrected chi connectivity index (χ2v) is 7.75. The van der Waals surface area contributed by atoms with Gasteiger partial charge < -0.3 is 10.1 Å². The fourth-order valence-corrected chi connectivity index (χ4v) is 3.82. The molecule has 2 N–H and O–H groups in total. The molecular weight excluding hydrogens is 380 g/mol. The van der Waals surface area contributed by atoms with Crippen LogP contribution in [-0.2, 0) is 5.75 Å². The first kappa shape index (κ1) is 19.2. The van der Waals surface area contributed by atoms with E-state index in [4.69, 9.17) is 4.74 Å². The third-order valence-corrected chi connectivity index (χ3v) is 5.54. The highest BCUT2D eigenvalue weighted by Gasteiger charge is 2.09. The molecule has 0 aliphatic carbocycles. The standard InChI is InChI=1S/C19H20N4O2S2/c1-3-25-15-8-6-14(7-9-15)20-18(24)21-19-23-22-17(27-19)12-26-16-10-4-13(2)5-11-16/h4-11H,3,12H2,1-2H3,(H2,20,21,23,24). The van der Waals surface area contributed by atoms with Gasteiger partial charge in [-0.15, -0.1) is 22.0 Å². The van der Waals surface area contributed by atoms with Crippen molar-refractivity contribution in [2.45, 2.75) is 24.5 Å². The zero-order valence-corrected chi connectivity index (χ0v) is 16.7. The molecule has 0 aliphatic heterocycles. The third kappa shape index (κ3) is 5.97. The topological polar surface area (TPSA) is 76.1 Å². The Balaban J connectivity index is 1.49. The average Bonchev–Trinajstić information content (AvgIpc) is 3.10. The number of ether oxygens (including phenoxy) is 1. The summed E-state index contributed by atoms with van der Waals surface area (Å²) in [6.07, 6.45) is 0. The number of urea groups is 1. The van der Waals surface area contributed by atoms with E-state index in [0.29, 0.717) is 23.2 Å². The minimum Gasteiger partial charge on any atom is -0.494 e. The Labute approximate surface area is 166 Å². The van der Waals surface area contributed by atoms with Gasteiger partial charge >= 0.3 is 6.03 Å². The van der Waals surface area contributed by atoms with Crippen LogP contribution in [0.5, 0.6) is 5.75 Å². The maximum absolute atomic E-state index is 12.1. The maximum Gasteiger partial charge on any atom is 0.325 e.